The first kappa shape index (κ1) is 8.54. The normalized spacial score (nSPS) is 17.5. The van der Waals surface area contributed by atoms with Gasteiger partial charge >= 0.3 is 0 Å². The Morgan fingerprint density at radius 2 is 1.92 bits per heavy atom. The van der Waals surface area contributed by atoms with Crippen molar-refractivity contribution in [2.45, 2.75) is 25.7 Å². The van der Waals surface area contributed by atoms with E-state index in [1.165, 1.54) is 31.4 Å². The molecule has 0 saturated heterocycles. The summed E-state index contributed by atoms with van der Waals surface area (Å²) in [6.07, 6.45) is 9.30. The lowest BCUT2D eigenvalue weighted by Crippen LogP contribution is -2.10. The highest BCUT2D eigenvalue weighted by Crippen LogP contribution is 2.24. The van der Waals surface area contributed by atoms with Crippen molar-refractivity contribution in [1.82, 2.24) is 4.98 Å². The zero-order valence-electron chi connectivity index (χ0n) is 7.87. The second kappa shape index (κ2) is 4.26. The molecule has 1 aromatic heterocycles. The fraction of sp³-hybridized carbons (Fsp3) is 0.545. The maximum Gasteiger partial charge on any atom is 0.0371 e. The van der Waals surface area contributed by atoms with E-state index in [1.54, 1.807) is 0 Å². The molecule has 0 spiro atoms. The number of rotatable bonds is 3. The third kappa shape index (κ3) is 2.44. The molecule has 1 aliphatic carbocycles. The zero-order chi connectivity index (χ0) is 8.93. The molecule has 0 unspecified atom stereocenters. The molecule has 0 aliphatic heterocycles. The van der Waals surface area contributed by atoms with Gasteiger partial charge in [-0.3, -0.25) is 4.98 Å². The van der Waals surface area contributed by atoms with Gasteiger partial charge in [-0.2, -0.15) is 0 Å². The molecular weight excluding hydrogens is 160 g/mol. The summed E-state index contributed by atoms with van der Waals surface area (Å²) in [6, 6.07) is 4.05. The maximum atomic E-state index is 3.99. The number of aromatic nitrogens is 1. The Bertz CT molecular complexity index is 240. The van der Waals surface area contributed by atoms with Gasteiger partial charge in [-0.25, -0.2) is 0 Å². The minimum Gasteiger partial charge on any atom is -0.385 e. The van der Waals surface area contributed by atoms with E-state index in [0.29, 0.717) is 0 Å². The smallest absolute Gasteiger partial charge is 0.0371 e. The summed E-state index contributed by atoms with van der Waals surface area (Å²) >= 11 is 0. The second-order valence-electron chi connectivity index (χ2n) is 3.77. The molecule has 2 heteroatoms. The van der Waals surface area contributed by atoms with Crippen LogP contribution in [0.4, 0.5) is 5.69 Å². The number of hydrogen-bond acceptors (Lipinski definition) is 2. The molecule has 1 aromatic rings. The molecule has 0 bridgehead atoms. The predicted octanol–water partition coefficient (Wildman–Crippen LogP) is 2.68. The quantitative estimate of drug-likeness (QED) is 0.766. The Balaban J connectivity index is 1.79. The van der Waals surface area contributed by atoms with Gasteiger partial charge in [-0.05, 0) is 30.9 Å². The van der Waals surface area contributed by atoms with Gasteiger partial charge in [0, 0.05) is 24.6 Å². The maximum absolute atomic E-state index is 3.99. The fourth-order valence-electron chi connectivity index (χ4n) is 1.95. The highest BCUT2D eigenvalue weighted by atomic mass is 14.9. The van der Waals surface area contributed by atoms with Gasteiger partial charge in [-0.15, -0.1) is 0 Å². The van der Waals surface area contributed by atoms with Crippen LogP contribution in [0.3, 0.4) is 0 Å². The largest absolute Gasteiger partial charge is 0.385 e. The summed E-state index contributed by atoms with van der Waals surface area (Å²) in [7, 11) is 0. The standard InChI is InChI=1S/C11H16N2/c1-2-4-10(3-1)9-13-11-5-7-12-8-6-11/h5-8,10H,1-4,9H2,(H,12,13). The van der Waals surface area contributed by atoms with E-state index in [0.717, 1.165) is 12.5 Å². The first-order valence-corrected chi connectivity index (χ1v) is 5.09. The summed E-state index contributed by atoms with van der Waals surface area (Å²) in [5, 5.41) is 3.45. The molecule has 13 heavy (non-hydrogen) atoms. The van der Waals surface area contributed by atoms with Crippen molar-refractivity contribution in [3.05, 3.63) is 24.5 Å². The van der Waals surface area contributed by atoms with Gasteiger partial charge < -0.3 is 5.32 Å². The molecule has 0 aromatic carbocycles. The highest BCUT2D eigenvalue weighted by molar-refractivity contribution is 5.40. The van der Waals surface area contributed by atoms with Crippen LogP contribution in [-0.2, 0) is 0 Å². The summed E-state index contributed by atoms with van der Waals surface area (Å²) in [5.74, 6) is 0.896. The topological polar surface area (TPSA) is 24.9 Å². The first-order valence-electron chi connectivity index (χ1n) is 5.09. The average Bonchev–Trinajstić information content (AvgIpc) is 2.69. The lowest BCUT2D eigenvalue weighted by molar-refractivity contribution is 0.580. The lowest BCUT2D eigenvalue weighted by atomic mass is 10.1. The average molecular weight is 176 g/mol. The van der Waals surface area contributed by atoms with Crippen LogP contribution < -0.4 is 5.32 Å². The van der Waals surface area contributed by atoms with E-state index in [1.807, 2.05) is 24.5 Å². The predicted molar refractivity (Wildman–Crippen MR) is 54.7 cm³/mol. The van der Waals surface area contributed by atoms with Gasteiger partial charge in [0.2, 0.25) is 0 Å². The van der Waals surface area contributed by atoms with Gasteiger partial charge in [-0.1, -0.05) is 12.8 Å². The van der Waals surface area contributed by atoms with Crippen molar-refractivity contribution in [2.75, 3.05) is 11.9 Å². The molecule has 0 radical (unpaired) electrons. The van der Waals surface area contributed by atoms with Crippen molar-refractivity contribution in [1.29, 1.82) is 0 Å². The highest BCUT2D eigenvalue weighted by Gasteiger charge is 2.13. The van der Waals surface area contributed by atoms with E-state index in [2.05, 4.69) is 10.3 Å². The number of pyridine rings is 1. The number of nitrogens with one attached hydrogen (secondary N) is 1. The van der Waals surface area contributed by atoms with Crippen LogP contribution in [0.5, 0.6) is 0 Å². The van der Waals surface area contributed by atoms with Gasteiger partial charge in [0.25, 0.3) is 0 Å². The summed E-state index contributed by atoms with van der Waals surface area (Å²) in [6.45, 7) is 1.13. The van der Waals surface area contributed by atoms with Crippen LogP contribution in [-0.4, -0.2) is 11.5 Å². The molecular formula is C11H16N2. The zero-order valence-corrected chi connectivity index (χ0v) is 7.87. The molecule has 1 saturated carbocycles. The van der Waals surface area contributed by atoms with E-state index >= 15 is 0 Å². The van der Waals surface area contributed by atoms with Gasteiger partial charge in [0.1, 0.15) is 0 Å². The van der Waals surface area contributed by atoms with Crippen LogP contribution >= 0.6 is 0 Å². The molecule has 1 fully saturated rings. The van der Waals surface area contributed by atoms with Crippen molar-refractivity contribution in [3.8, 4) is 0 Å². The Hall–Kier alpha value is -1.05. The molecule has 0 amide bonds. The van der Waals surface area contributed by atoms with Crippen molar-refractivity contribution in [2.24, 2.45) is 5.92 Å². The monoisotopic (exact) mass is 176 g/mol. The Morgan fingerprint density at radius 1 is 1.23 bits per heavy atom. The van der Waals surface area contributed by atoms with Crippen molar-refractivity contribution < 1.29 is 0 Å². The Morgan fingerprint density at radius 3 is 2.62 bits per heavy atom. The van der Waals surface area contributed by atoms with E-state index in [9.17, 15) is 0 Å². The van der Waals surface area contributed by atoms with Crippen LogP contribution in [0.2, 0.25) is 0 Å². The first-order chi connectivity index (χ1) is 6.45. The third-order valence-electron chi connectivity index (χ3n) is 2.75. The minimum absolute atomic E-state index is 0.896. The summed E-state index contributed by atoms with van der Waals surface area (Å²) in [4.78, 5) is 3.99. The number of hydrogen-bond donors (Lipinski definition) is 1. The van der Waals surface area contributed by atoms with E-state index in [-0.39, 0.29) is 0 Å². The number of nitrogens with zero attached hydrogens (tertiary/aromatic N) is 1. The molecule has 2 nitrogen and oxygen atoms in total. The summed E-state index contributed by atoms with van der Waals surface area (Å²) in [5.41, 5.74) is 1.20. The fourth-order valence-corrected chi connectivity index (χ4v) is 1.95. The minimum atomic E-state index is 0.896. The molecule has 1 N–H and O–H groups in total. The van der Waals surface area contributed by atoms with E-state index < -0.39 is 0 Å². The van der Waals surface area contributed by atoms with Crippen molar-refractivity contribution >= 4 is 5.69 Å². The molecule has 0 atom stereocenters. The second-order valence-corrected chi connectivity index (χ2v) is 3.77. The molecule has 2 rings (SSSR count). The Labute approximate surface area is 79.4 Å². The third-order valence-corrected chi connectivity index (χ3v) is 2.75. The lowest BCUT2D eigenvalue weighted by Gasteiger charge is -2.10. The van der Waals surface area contributed by atoms with E-state index in [4.69, 9.17) is 0 Å². The molecule has 1 aliphatic rings. The number of anilines is 1. The van der Waals surface area contributed by atoms with Crippen LogP contribution in [0.25, 0.3) is 0 Å². The molecule has 70 valence electrons. The SMILES string of the molecule is c1cc(NCC2CCCC2)ccn1. The van der Waals surface area contributed by atoms with Crippen molar-refractivity contribution in [3.63, 3.8) is 0 Å². The van der Waals surface area contributed by atoms with Gasteiger partial charge in [0.05, 0.1) is 0 Å². The van der Waals surface area contributed by atoms with Crippen LogP contribution in [0, 0.1) is 5.92 Å². The Kier molecular flexibility index (Phi) is 2.80. The van der Waals surface area contributed by atoms with Gasteiger partial charge in [0.15, 0.2) is 0 Å². The molecule has 1 heterocycles. The van der Waals surface area contributed by atoms with Crippen LogP contribution in [0.15, 0.2) is 24.5 Å². The summed E-state index contributed by atoms with van der Waals surface area (Å²) < 4.78 is 0. The van der Waals surface area contributed by atoms with Crippen LogP contribution in [0.1, 0.15) is 25.7 Å².